The maximum atomic E-state index is 9.63. The zero-order valence-corrected chi connectivity index (χ0v) is 10.9. The Morgan fingerprint density at radius 2 is 1.80 bits per heavy atom. The first-order chi connectivity index (χ1) is 9.67. The fraction of sp³-hybridized carbons (Fsp3) is 0.0667. The highest BCUT2D eigenvalue weighted by atomic mass is 16.5. The molecule has 2 aromatic carbocycles. The van der Waals surface area contributed by atoms with Gasteiger partial charge in [0, 0.05) is 0 Å². The number of anilines is 1. The summed E-state index contributed by atoms with van der Waals surface area (Å²) >= 11 is 0. The highest BCUT2D eigenvalue weighted by Crippen LogP contribution is 2.32. The van der Waals surface area contributed by atoms with Crippen LogP contribution in [0.2, 0.25) is 0 Å². The first-order valence-electron chi connectivity index (χ1n) is 6.07. The standard InChI is InChI=1S/C15H13N3O2/c1-20-14-7-10(3-5-13(14)19)9-2-4-11-12(6-9)18-15(16)8-17-11/h2-8,19H,1H3,(H2,16,18). The number of ether oxygens (including phenoxy) is 1. The summed E-state index contributed by atoms with van der Waals surface area (Å²) in [5.74, 6) is 0.931. The molecular weight excluding hydrogens is 254 g/mol. The zero-order valence-electron chi connectivity index (χ0n) is 10.9. The molecule has 100 valence electrons. The van der Waals surface area contributed by atoms with Crippen LogP contribution in [0.5, 0.6) is 11.5 Å². The number of hydrogen-bond acceptors (Lipinski definition) is 5. The number of phenolic OH excluding ortho intramolecular Hbond substituents is 1. The molecule has 20 heavy (non-hydrogen) atoms. The SMILES string of the molecule is COc1cc(-c2ccc3ncc(N)nc3c2)ccc1O. The van der Waals surface area contributed by atoms with E-state index in [0.29, 0.717) is 11.6 Å². The van der Waals surface area contributed by atoms with Gasteiger partial charge in [-0.05, 0) is 35.4 Å². The molecule has 0 amide bonds. The summed E-state index contributed by atoms with van der Waals surface area (Å²) < 4.78 is 5.12. The van der Waals surface area contributed by atoms with Crippen LogP contribution in [0.4, 0.5) is 5.82 Å². The van der Waals surface area contributed by atoms with E-state index in [-0.39, 0.29) is 5.75 Å². The van der Waals surface area contributed by atoms with Crippen molar-refractivity contribution in [3.63, 3.8) is 0 Å². The number of rotatable bonds is 2. The third-order valence-corrected chi connectivity index (χ3v) is 3.07. The van der Waals surface area contributed by atoms with Gasteiger partial charge in [0.25, 0.3) is 0 Å². The van der Waals surface area contributed by atoms with Crippen LogP contribution >= 0.6 is 0 Å². The number of aromatic nitrogens is 2. The predicted molar refractivity (Wildman–Crippen MR) is 77.6 cm³/mol. The Morgan fingerprint density at radius 3 is 2.60 bits per heavy atom. The minimum Gasteiger partial charge on any atom is -0.504 e. The first kappa shape index (κ1) is 12.2. The summed E-state index contributed by atoms with van der Waals surface area (Å²) in [6.07, 6.45) is 1.53. The number of methoxy groups -OCH3 is 1. The molecule has 0 aliphatic rings. The van der Waals surface area contributed by atoms with E-state index < -0.39 is 0 Å². The minimum atomic E-state index is 0.112. The van der Waals surface area contributed by atoms with Gasteiger partial charge in [-0.15, -0.1) is 0 Å². The van der Waals surface area contributed by atoms with Gasteiger partial charge in [-0.3, -0.25) is 4.98 Å². The maximum Gasteiger partial charge on any atom is 0.161 e. The lowest BCUT2D eigenvalue weighted by atomic mass is 10.0. The van der Waals surface area contributed by atoms with Crippen molar-refractivity contribution < 1.29 is 9.84 Å². The Morgan fingerprint density at radius 1 is 1.05 bits per heavy atom. The molecule has 3 N–H and O–H groups in total. The van der Waals surface area contributed by atoms with E-state index in [9.17, 15) is 5.11 Å². The average molecular weight is 267 g/mol. The molecule has 3 rings (SSSR count). The normalized spacial score (nSPS) is 10.7. The molecule has 0 saturated heterocycles. The molecule has 3 aromatic rings. The molecule has 5 nitrogen and oxygen atoms in total. The summed E-state index contributed by atoms with van der Waals surface area (Å²) in [6, 6.07) is 10.9. The van der Waals surface area contributed by atoms with E-state index in [1.54, 1.807) is 12.1 Å². The van der Waals surface area contributed by atoms with E-state index in [0.717, 1.165) is 22.2 Å². The number of benzene rings is 2. The summed E-state index contributed by atoms with van der Waals surface area (Å²) in [5.41, 5.74) is 9.04. The quantitative estimate of drug-likeness (QED) is 0.745. The van der Waals surface area contributed by atoms with Crippen LogP contribution in [0.25, 0.3) is 22.2 Å². The van der Waals surface area contributed by atoms with Crippen LogP contribution in [-0.4, -0.2) is 22.2 Å². The number of phenols is 1. The Hall–Kier alpha value is -2.82. The van der Waals surface area contributed by atoms with E-state index in [4.69, 9.17) is 10.5 Å². The lowest BCUT2D eigenvalue weighted by Gasteiger charge is -2.07. The lowest BCUT2D eigenvalue weighted by molar-refractivity contribution is 0.373. The molecule has 0 radical (unpaired) electrons. The Balaban J connectivity index is 2.14. The highest BCUT2D eigenvalue weighted by Gasteiger charge is 2.06. The van der Waals surface area contributed by atoms with Gasteiger partial charge in [-0.25, -0.2) is 4.98 Å². The summed E-state index contributed by atoms with van der Waals surface area (Å²) in [6.45, 7) is 0. The molecule has 0 spiro atoms. The highest BCUT2D eigenvalue weighted by molar-refractivity contribution is 5.82. The Labute approximate surface area is 115 Å². The van der Waals surface area contributed by atoms with Crippen molar-refractivity contribution in [1.29, 1.82) is 0 Å². The molecule has 0 aliphatic carbocycles. The van der Waals surface area contributed by atoms with Crippen molar-refractivity contribution in [3.8, 4) is 22.6 Å². The number of nitrogens with two attached hydrogens (primary N) is 1. The van der Waals surface area contributed by atoms with Crippen molar-refractivity contribution >= 4 is 16.9 Å². The lowest BCUT2D eigenvalue weighted by Crippen LogP contribution is -1.92. The number of nitrogens with zero attached hydrogens (tertiary/aromatic N) is 2. The van der Waals surface area contributed by atoms with Gasteiger partial charge in [-0.2, -0.15) is 0 Å². The molecule has 0 saturated carbocycles. The summed E-state index contributed by atoms with van der Waals surface area (Å²) in [4.78, 5) is 8.47. The summed E-state index contributed by atoms with van der Waals surface area (Å²) in [5, 5.41) is 9.63. The Kier molecular flexibility index (Phi) is 2.87. The van der Waals surface area contributed by atoms with Gasteiger partial charge in [0.2, 0.25) is 0 Å². The number of aromatic hydroxyl groups is 1. The molecule has 0 atom stereocenters. The van der Waals surface area contributed by atoms with Crippen molar-refractivity contribution in [3.05, 3.63) is 42.6 Å². The van der Waals surface area contributed by atoms with Crippen molar-refractivity contribution in [2.75, 3.05) is 12.8 Å². The second-order valence-electron chi connectivity index (χ2n) is 4.38. The predicted octanol–water partition coefficient (Wildman–Crippen LogP) is 2.59. The van der Waals surface area contributed by atoms with Crippen molar-refractivity contribution in [1.82, 2.24) is 9.97 Å². The van der Waals surface area contributed by atoms with Gasteiger partial charge < -0.3 is 15.6 Å². The van der Waals surface area contributed by atoms with E-state index in [1.165, 1.54) is 13.3 Å². The molecular formula is C15H13N3O2. The Bertz CT molecular complexity index is 787. The van der Waals surface area contributed by atoms with Crippen LogP contribution in [-0.2, 0) is 0 Å². The van der Waals surface area contributed by atoms with Crippen molar-refractivity contribution in [2.24, 2.45) is 0 Å². The zero-order chi connectivity index (χ0) is 14.1. The van der Waals surface area contributed by atoms with E-state index in [2.05, 4.69) is 9.97 Å². The largest absolute Gasteiger partial charge is 0.504 e. The van der Waals surface area contributed by atoms with E-state index >= 15 is 0 Å². The third kappa shape index (κ3) is 2.09. The van der Waals surface area contributed by atoms with Gasteiger partial charge in [0.1, 0.15) is 5.82 Å². The molecule has 5 heteroatoms. The number of nitrogen functional groups attached to an aromatic ring is 1. The maximum absolute atomic E-state index is 9.63. The van der Waals surface area contributed by atoms with Crippen LogP contribution in [0, 0.1) is 0 Å². The van der Waals surface area contributed by atoms with Gasteiger partial charge >= 0.3 is 0 Å². The molecule has 0 aliphatic heterocycles. The third-order valence-electron chi connectivity index (χ3n) is 3.07. The smallest absolute Gasteiger partial charge is 0.161 e. The minimum absolute atomic E-state index is 0.112. The summed E-state index contributed by atoms with van der Waals surface area (Å²) in [7, 11) is 1.52. The van der Waals surface area contributed by atoms with Crippen LogP contribution in [0.1, 0.15) is 0 Å². The molecule has 0 unspecified atom stereocenters. The molecule has 1 heterocycles. The van der Waals surface area contributed by atoms with E-state index in [1.807, 2.05) is 24.3 Å². The number of fused-ring (bicyclic) bond motifs is 1. The number of hydrogen-bond donors (Lipinski definition) is 2. The van der Waals surface area contributed by atoms with Crippen molar-refractivity contribution in [2.45, 2.75) is 0 Å². The fourth-order valence-electron chi connectivity index (χ4n) is 2.06. The van der Waals surface area contributed by atoms with Gasteiger partial charge in [0.15, 0.2) is 11.5 Å². The fourth-order valence-corrected chi connectivity index (χ4v) is 2.06. The second-order valence-corrected chi connectivity index (χ2v) is 4.38. The van der Waals surface area contributed by atoms with Crippen LogP contribution in [0.15, 0.2) is 42.6 Å². The van der Waals surface area contributed by atoms with Crippen LogP contribution in [0.3, 0.4) is 0 Å². The van der Waals surface area contributed by atoms with Crippen LogP contribution < -0.4 is 10.5 Å². The monoisotopic (exact) mass is 267 g/mol. The van der Waals surface area contributed by atoms with Gasteiger partial charge in [-0.1, -0.05) is 12.1 Å². The molecule has 0 bridgehead atoms. The van der Waals surface area contributed by atoms with Gasteiger partial charge in [0.05, 0.1) is 24.3 Å². The topological polar surface area (TPSA) is 81.3 Å². The second kappa shape index (κ2) is 4.70. The molecule has 0 fully saturated rings. The molecule has 1 aromatic heterocycles. The first-order valence-corrected chi connectivity index (χ1v) is 6.07. The average Bonchev–Trinajstić information content (AvgIpc) is 2.47.